The Labute approximate surface area is 171 Å². The summed E-state index contributed by atoms with van der Waals surface area (Å²) in [5.41, 5.74) is 2.04. The molecule has 0 fully saturated rings. The van der Waals surface area contributed by atoms with Gasteiger partial charge in [-0.2, -0.15) is 0 Å². The number of aryl methyl sites for hydroxylation is 1. The lowest BCUT2D eigenvalue weighted by molar-refractivity contribution is 0.0974. The fourth-order valence-electron chi connectivity index (χ4n) is 3.68. The van der Waals surface area contributed by atoms with Crippen molar-refractivity contribution in [1.29, 1.82) is 0 Å². The topological polar surface area (TPSA) is 48.0 Å². The minimum atomic E-state index is -0.288. The zero-order valence-corrected chi connectivity index (χ0v) is 17.5. The number of anilines is 1. The van der Waals surface area contributed by atoms with Crippen LogP contribution in [0.3, 0.4) is 0 Å². The van der Waals surface area contributed by atoms with Crippen molar-refractivity contribution < 1.29 is 23.4 Å². The van der Waals surface area contributed by atoms with E-state index in [0.29, 0.717) is 42.6 Å². The van der Waals surface area contributed by atoms with E-state index in [1.807, 2.05) is 27.7 Å². The van der Waals surface area contributed by atoms with Crippen LogP contribution in [0.15, 0.2) is 30.3 Å². The van der Waals surface area contributed by atoms with Gasteiger partial charge in [-0.25, -0.2) is 4.39 Å². The first-order valence-corrected chi connectivity index (χ1v) is 10.2. The Morgan fingerprint density at radius 2 is 1.66 bits per heavy atom. The number of ether oxygens (including phenoxy) is 3. The molecule has 156 valence electrons. The van der Waals surface area contributed by atoms with Crippen molar-refractivity contribution in [3.8, 4) is 17.2 Å². The van der Waals surface area contributed by atoms with Crippen molar-refractivity contribution in [2.75, 3.05) is 24.7 Å². The lowest BCUT2D eigenvalue weighted by Gasteiger charge is -2.35. The number of rotatable bonds is 7. The summed E-state index contributed by atoms with van der Waals surface area (Å²) in [6, 6.07) is 7.98. The molecule has 0 N–H and O–H groups in total. The van der Waals surface area contributed by atoms with Gasteiger partial charge in [0.05, 0.1) is 19.8 Å². The lowest BCUT2D eigenvalue weighted by atomic mass is 9.95. The number of benzene rings is 2. The Balaban J connectivity index is 2.07. The smallest absolute Gasteiger partial charge is 0.258 e. The third-order valence-corrected chi connectivity index (χ3v) is 4.95. The van der Waals surface area contributed by atoms with E-state index in [2.05, 4.69) is 0 Å². The van der Waals surface area contributed by atoms with Crippen molar-refractivity contribution >= 4 is 11.6 Å². The Kier molecular flexibility index (Phi) is 6.62. The van der Waals surface area contributed by atoms with E-state index >= 15 is 0 Å². The molecule has 1 aliphatic rings. The van der Waals surface area contributed by atoms with Gasteiger partial charge in [0, 0.05) is 17.3 Å². The van der Waals surface area contributed by atoms with Crippen LogP contribution in [0.1, 0.15) is 50.0 Å². The summed E-state index contributed by atoms with van der Waals surface area (Å²) < 4.78 is 30.9. The number of hydrogen-bond donors (Lipinski definition) is 0. The summed E-state index contributed by atoms with van der Waals surface area (Å²) in [7, 11) is 0. The molecule has 0 saturated carbocycles. The van der Waals surface area contributed by atoms with Gasteiger partial charge >= 0.3 is 0 Å². The minimum absolute atomic E-state index is 0.00174. The molecule has 0 unspecified atom stereocenters. The van der Waals surface area contributed by atoms with Crippen molar-refractivity contribution in [2.45, 2.75) is 46.6 Å². The van der Waals surface area contributed by atoms with Gasteiger partial charge in [0.15, 0.2) is 11.5 Å². The lowest BCUT2D eigenvalue weighted by Crippen LogP contribution is -2.42. The Bertz CT molecular complexity index is 856. The molecule has 5 nitrogen and oxygen atoms in total. The van der Waals surface area contributed by atoms with Crippen LogP contribution < -0.4 is 19.1 Å². The standard InChI is InChI=1S/C23H28FNO4/c1-5-27-20-13-17(14-21(28-6-2)22(20)29-7-3)23(26)25-15(4)8-9-16-12-18(24)10-11-19(16)25/h10-15H,5-9H2,1-4H3/t15-/m0/s1. The maximum atomic E-state index is 13.7. The van der Waals surface area contributed by atoms with Crippen LogP contribution in [0.25, 0.3) is 0 Å². The van der Waals surface area contributed by atoms with E-state index in [4.69, 9.17) is 14.2 Å². The number of hydrogen-bond acceptors (Lipinski definition) is 4. The zero-order valence-electron chi connectivity index (χ0n) is 17.5. The molecule has 1 atom stereocenters. The van der Waals surface area contributed by atoms with Crippen molar-refractivity contribution in [2.24, 2.45) is 0 Å². The molecule has 2 aromatic rings. The summed E-state index contributed by atoms with van der Waals surface area (Å²) in [5, 5.41) is 0. The maximum Gasteiger partial charge on any atom is 0.258 e. The summed E-state index contributed by atoms with van der Waals surface area (Å²) in [6.07, 6.45) is 1.52. The molecule has 2 aromatic carbocycles. The van der Waals surface area contributed by atoms with Gasteiger partial charge in [-0.05, 0) is 76.4 Å². The van der Waals surface area contributed by atoms with Gasteiger partial charge in [-0.15, -0.1) is 0 Å². The monoisotopic (exact) mass is 401 g/mol. The molecule has 0 aliphatic carbocycles. The predicted octanol–water partition coefficient (Wildman–Crippen LogP) is 5.00. The fraction of sp³-hybridized carbons (Fsp3) is 0.435. The number of nitrogens with zero attached hydrogens (tertiary/aromatic N) is 1. The van der Waals surface area contributed by atoms with E-state index in [9.17, 15) is 9.18 Å². The molecule has 6 heteroatoms. The average Bonchev–Trinajstić information content (AvgIpc) is 2.70. The highest BCUT2D eigenvalue weighted by molar-refractivity contribution is 6.08. The van der Waals surface area contributed by atoms with Gasteiger partial charge in [0.2, 0.25) is 5.75 Å². The van der Waals surface area contributed by atoms with Crippen LogP contribution in [0.2, 0.25) is 0 Å². The third kappa shape index (κ3) is 4.31. The quantitative estimate of drug-likeness (QED) is 0.655. The van der Waals surface area contributed by atoms with Crippen molar-refractivity contribution in [3.63, 3.8) is 0 Å². The van der Waals surface area contributed by atoms with Gasteiger partial charge in [0.1, 0.15) is 5.82 Å². The third-order valence-electron chi connectivity index (χ3n) is 4.95. The molecule has 0 bridgehead atoms. The molecular formula is C23H28FNO4. The molecule has 29 heavy (non-hydrogen) atoms. The molecule has 0 aromatic heterocycles. The first-order chi connectivity index (χ1) is 14.0. The second-order valence-corrected chi connectivity index (χ2v) is 6.94. The Morgan fingerprint density at radius 1 is 1.03 bits per heavy atom. The number of halogens is 1. The first-order valence-electron chi connectivity index (χ1n) is 10.2. The predicted molar refractivity (Wildman–Crippen MR) is 111 cm³/mol. The largest absolute Gasteiger partial charge is 0.490 e. The molecule has 3 rings (SSSR count). The SMILES string of the molecule is CCOc1cc(C(=O)N2c3ccc(F)cc3CC[C@@H]2C)cc(OCC)c1OCC. The summed E-state index contributed by atoms with van der Waals surface area (Å²) in [5.74, 6) is 1.00. The van der Waals surface area contributed by atoms with Crippen LogP contribution in [0, 0.1) is 5.82 Å². The molecule has 1 heterocycles. The van der Waals surface area contributed by atoms with Crippen molar-refractivity contribution in [3.05, 3.63) is 47.3 Å². The molecule has 1 aliphatic heterocycles. The highest BCUT2D eigenvalue weighted by Crippen LogP contribution is 2.40. The highest BCUT2D eigenvalue weighted by Gasteiger charge is 2.30. The van der Waals surface area contributed by atoms with Gasteiger partial charge in [-0.1, -0.05) is 0 Å². The second kappa shape index (κ2) is 9.16. The van der Waals surface area contributed by atoms with Gasteiger partial charge in [-0.3, -0.25) is 4.79 Å². The average molecular weight is 401 g/mol. The normalized spacial score (nSPS) is 15.6. The van der Waals surface area contributed by atoms with E-state index in [-0.39, 0.29) is 17.8 Å². The molecule has 0 radical (unpaired) electrons. The number of amides is 1. The molecule has 1 amide bonds. The number of fused-ring (bicyclic) bond motifs is 1. The highest BCUT2D eigenvalue weighted by atomic mass is 19.1. The van der Waals surface area contributed by atoms with E-state index in [0.717, 1.165) is 24.1 Å². The van der Waals surface area contributed by atoms with Gasteiger partial charge < -0.3 is 19.1 Å². The number of carbonyl (C=O) groups excluding carboxylic acids is 1. The summed E-state index contributed by atoms with van der Waals surface area (Å²) in [4.78, 5) is 15.3. The van der Waals surface area contributed by atoms with Crippen LogP contribution in [-0.4, -0.2) is 31.8 Å². The second-order valence-electron chi connectivity index (χ2n) is 6.94. The first kappa shape index (κ1) is 21.0. The summed E-state index contributed by atoms with van der Waals surface area (Å²) >= 11 is 0. The Morgan fingerprint density at radius 3 is 2.24 bits per heavy atom. The van der Waals surface area contributed by atoms with Crippen molar-refractivity contribution in [1.82, 2.24) is 0 Å². The van der Waals surface area contributed by atoms with Gasteiger partial charge in [0.25, 0.3) is 5.91 Å². The summed E-state index contributed by atoms with van der Waals surface area (Å²) in [6.45, 7) is 8.97. The molecule has 0 spiro atoms. The van der Waals surface area contributed by atoms with E-state index in [1.165, 1.54) is 12.1 Å². The molecular weight excluding hydrogens is 373 g/mol. The van der Waals surface area contributed by atoms with Crippen LogP contribution in [-0.2, 0) is 6.42 Å². The maximum absolute atomic E-state index is 13.7. The molecule has 0 saturated heterocycles. The Hall–Kier alpha value is -2.76. The minimum Gasteiger partial charge on any atom is -0.490 e. The fourth-order valence-corrected chi connectivity index (χ4v) is 3.68. The zero-order chi connectivity index (χ0) is 21.0. The van der Waals surface area contributed by atoms with Crippen LogP contribution in [0.5, 0.6) is 17.2 Å². The van der Waals surface area contributed by atoms with Crippen LogP contribution in [0.4, 0.5) is 10.1 Å². The van der Waals surface area contributed by atoms with Crippen LogP contribution >= 0.6 is 0 Å². The number of carbonyl (C=O) groups is 1. The van der Waals surface area contributed by atoms with E-state index < -0.39 is 0 Å². The van der Waals surface area contributed by atoms with E-state index in [1.54, 1.807) is 23.1 Å².